The molecule has 0 unspecified atom stereocenters. The van der Waals surface area contributed by atoms with Crippen LogP contribution in [-0.2, 0) is 4.79 Å². The summed E-state index contributed by atoms with van der Waals surface area (Å²) in [6.07, 6.45) is 17.7. The molecule has 0 amide bonds. The second-order valence-corrected chi connectivity index (χ2v) is 7.71. The largest absolute Gasteiger partial charge is 0.427 e. The molecular weight excluding hydrogens is 320 g/mol. The Balaban J connectivity index is 1.91. The number of ether oxygens (including phenoxy) is 1. The van der Waals surface area contributed by atoms with Crippen LogP contribution in [0.2, 0.25) is 0 Å². The van der Waals surface area contributed by atoms with Gasteiger partial charge in [0.15, 0.2) is 0 Å². The number of carbonyl (C=O) groups is 1. The van der Waals surface area contributed by atoms with Crippen LogP contribution >= 0.6 is 0 Å². The van der Waals surface area contributed by atoms with E-state index in [1.807, 2.05) is 25.1 Å². The van der Waals surface area contributed by atoms with Crippen LogP contribution in [0.3, 0.4) is 0 Å². The Morgan fingerprint density at radius 1 is 0.731 bits per heavy atom. The zero-order chi connectivity index (χ0) is 19.0. The molecule has 2 nitrogen and oxygen atoms in total. The van der Waals surface area contributed by atoms with Gasteiger partial charge >= 0.3 is 5.97 Å². The van der Waals surface area contributed by atoms with E-state index in [0.717, 1.165) is 18.4 Å². The Morgan fingerprint density at radius 3 is 1.73 bits per heavy atom. The SMILES string of the molecule is CCCCCCCCCCCCCCCC(=O)Oc1ccc(C)c(C)c1. The molecule has 26 heavy (non-hydrogen) atoms. The van der Waals surface area contributed by atoms with Gasteiger partial charge in [-0.3, -0.25) is 4.79 Å². The Kier molecular flexibility index (Phi) is 13.0. The lowest BCUT2D eigenvalue weighted by Crippen LogP contribution is -2.07. The number of hydrogen-bond donors (Lipinski definition) is 0. The lowest BCUT2D eigenvalue weighted by molar-refractivity contribution is -0.134. The minimum absolute atomic E-state index is 0.101. The van der Waals surface area contributed by atoms with Crippen molar-refractivity contribution in [2.75, 3.05) is 0 Å². The predicted octanol–water partition coefficient (Wildman–Crippen LogP) is 7.69. The second-order valence-electron chi connectivity index (χ2n) is 7.71. The Morgan fingerprint density at radius 2 is 1.23 bits per heavy atom. The van der Waals surface area contributed by atoms with Gasteiger partial charge in [0.1, 0.15) is 5.75 Å². The Bertz CT molecular complexity index is 493. The summed E-state index contributed by atoms with van der Waals surface area (Å²) in [5.74, 6) is 0.573. The maximum atomic E-state index is 11.9. The lowest BCUT2D eigenvalue weighted by Gasteiger charge is -2.07. The molecule has 0 saturated heterocycles. The van der Waals surface area contributed by atoms with Crippen LogP contribution in [-0.4, -0.2) is 5.97 Å². The van der Waals surface area contributed by atoms with Gasteiger partial charge in [0.25, 0.3) is 0 Å². The number of esters is 1. The fraction of sp³-hybridized carbons (Fsp3) is 0.708. The summed E-state index contributed by atoms with van der Waals surface area (Å²) in [4.78, 5) is 11.9. The van der Waals surface area contributed by atoms with Crippen molar-refractivity contribution in [3.63, 3.8) is 0 Å². The van der Waals surface area contributed by atoms with Crippen LogP contribution in [0.5, 0.6) is 5.75 Å². The van der Waals surface area contributed by atoms with E-state index in [1.165, 1.54) is 76.2 Å². The summed E-state index contributed by atoms with van der Waals surface area (Å²) in [5.41, 5.74) is 2.39. The van der Waals surface area contributed by atoms with E-state index in [4.69, 9.17) is 4.74 Å². The van der Waals surface area contributed by atoms with Gasteiger partial charge in [-0.05, 0) is 43.5 Å². The van der Waals surface area contributed by atoms with E-state index in [1.54, 1.807) is 0 Å². The van der Waals surface area contributed by atoms with Gasteiger partial charge in [0.2, 0.25) is 0 Å². The zero-order valence-electron chi connectivity index (χ0n) is 17.4. The number of hydrogen-bond acceptors (Lipinski definition) is 2. The third kappa shape index (κ3) is 11.3. The average molecular weight is 361 g/mol. The monoisotopic (exact) mass is 360 g/mol. The molecule has 0 aliphatic rings. The van der Waals surface area contributed by atoms with Crippen molar-refractivity contribution in [1.29, 1.82) is 0 Å². The van der Waals surface area contributed by atoms with Crippen LogP contribution in [0.25, 0.3) is 0 Å². The molecule has 0 radical (unpaired) electrons. The molecule has 1 aromatic rings. The second kappa shape index (κ2) is 14.8. The highest BCUT2D eigenvalue weighted by molar-refractivity contribution is 5.72. The zero-order valence-corrected chi connectivity index (χ0v) is 17.4. The molecule has 1 aromatic carbocycles. The van der Waals surface area contributed by atoms with Crippen molar-refractivity contribution in [3.8, 4) is 5.75 Å². The average Bonchev–Trinajstić information content (AvgIpc) is 2.62. The summed E-state index contributed by atoms with van der Waals surface area (Å²) in [5, 5.41) is 0. The normalized spacial score (nSPS) is 10.9. The molecule has 0 spiro atoms. The summed E-state index contributed by atoms with van der Waals surface area (Å²) < 4.78 is 5.42. The Hall–Kier alpha value is -1.31. The van der Waals surface area contributed by atoms with Crippen molar-refractivity contribution in [2.45, 2.75) is 111 Å². The highest BCUT2D eigenvalue weighted by Gasteiger charge is 2.05. The smallest absolute Gasteiger partial charge is 0.311 e. The third-order valence-corrected chi connectivity index (χ3v) is 5.19. The van der Waals surface area contributed by atoms with E-state index >= 15 is 0 Å². The molecule has 0 atom stereocenters. The lowest BCUT2D eigenvalue weighted by atomic mass is 10.0. The number of benzene rings is 1. The first-order valence-electron chi connectivity index (χ1n) is 10.9. The summed E-state index contributed by atoms with van der Waals surface area (Å²) in [6.45, 7) is 6.38. The molecule has 0 fully saturated rings. The summed E-state index contributed by atoms with van der Waals surface area (Å²) in [7, 11) is 0. The van der Waals surface area contributed by atoms with Gasteiger partial charge in [0, 0.05) is 6.42 Å². The summed E-state index contributed by atoms with van der Waals surface area (Å²) >= 11 is 0. The molecular formula is C24H40O2. The van der Waals surface area contributed by atoms with Gasteiger partial charge in [-0.1, -0.05) is 90.0 Å². The topological polar surface area (TPSA) is 26.3 Å². The van der Waals surface area contributed by atoms with Crippen molar-refractivity contribution >= 4 is 5.97 Å². The molecule has 0 bridgehead atoms. The van der Waals surface area contributed by atoms with Crippen molar-refractivity contribution in [3.05, 3.63) is 29.3 Å². The molecule has 0 saturated carbocycles. The van der Waals surface area contributed by atoms with Crippen molar-refractivity contribution in [1.82, 2.24) is 0 Å². The minimum atomic E-state index is -0.101. The van der Waals surface area contributed by atoms with E-state index < -0.39 is 0 Å². The third-order valence-electron chi connectivity index (χ3n) is 5.19. The first-order chi connectivity index (χ1) is 12.6. The fourth-order valence-corrected chi connectivity index (χ4v) is 3.25. The Labute approximate surface area is 161 Å². The molecule has 0 aromatic heterocycles. The van der Waals surface area contributed by atoms with Crippen molar-refractivity contribution < 1.29 is 9.53 Å². The van der Waals surface area contributed by atoms with Crippen LogP contribution in [0.4, 0.5) is 0 Å². The molecule has 0 N–H and O–H groups in total. The molecule has 2 heteroatoms. The predicted molar refractivity (Wildman–Crippen MR) is 112 cm³/mol. The van der Waals surface area contributed by atoms with E-state index in [2.05, 4.69) is 13.8 Å². The van der Waals surface area contributed by atoms with Gasteiger partial charge in [-0.25, -0.2) is 0 Å². The number of aryl methyl sites for hydroxylation is 2. The number of carbonyl (C=O) groups excluding carboxylic acids is 1. The molecule has 0 aliphatic carbocycles. The van der Waals surface area contributed by atoms with Gasteiger partial charge < -0.3 is 4.74 Å². The highest BCUT2D eigenvalue weighted by Crippen LogP contribution is 2.18. The van der Waals surface area contributed by atoms with Crippen molar-refractivity contribution in [2.24, 2.45) is 0 Å². The maximum absolute atomic E-state index is 11.9. The van der Waals surface area contributed by atoms with Crippen LogP contribution < -0.4 is 4.74 Å². The standard InChI is InChI=1S/C24H40O2/c1-4-5-6-7-8-9-10-11-12-13-14-15-16-17-24(25)26-23-19-18-21(2)22(3)20-23/h18-20H,4-17H2,1-3H3. The first-order valence-corrected chi connectivity index (χ1v) is 10.9. The first kappa shape index (κ1) is 22.7. The fourth-order valence-electron chi connectivity index (χ4n) is 3.25. The molecule has 0 aliphatic heterocycles. The number of unbranched alkanes of at least 4 members (excludes halogenated alkanes) is 12. The summed E-state index contributed by atoms with van der Waals surface area (Å²) in [6, 6.07) is 5.82. The van der Waals surface area contributed by atoms with E-state index in [9.17, 15) is 4.79 Å². The highest BCUT2D eigenvalue weighted by atomic mass is 16.5. The molecule has 0 heterocycles. The van der Waals surface area contributed by atoms with Gasteiger partial charge in [0.05, 0.1) is 0 Å². The van der Waals surface area contributed by atoms with Crippen LogP contribution in [0.15, 0.2) is 18.2 Å². The number of rotatable bonds is 15. The minimum Gasteiger partial charge on any atom is -0.427 e. The molecule has 148 valence electrons. The van der Waals surface area contributed by atoms with Crippen LogP contribution in [0, 0.1) is 13.8 Å². The quantitative estimate of drug-likeness (QED) is 0.182. The molecule has 1 rings (SSSR count). The van der Waals surface area contributed by atoms with E-state index in [0.29, 0.717) is 12.2 Å². The van der Waals surface area contributed by atoms with E-state index in [-0.39, 0.29) is 5.97 Å². The van der Waals surface area contributed by atoms with Gasteiger partial charge in [-0.2, -0.15) is 0 Å². The maximum Gasteiger partial charge on any atom is 0.311 e. The van der Waals surface area contributed by atoms with Crippen LogP contribution in [0.1, 0.15) is 108 Å². The van der Waals surface area contributed by atoms with Gasteiger partial charge in [-0.15, -0.1) is 0 Å².